The largest absolute Gasteiger partial charge is 0.417 e. The van der Waals surface area contributed by atoms with Crippen LogP contribution in [0.3, 0.4) is 0 Å². The molecule has 11 heteroatoms. The van der Waals surface area contributed by atoms with Crippen molar-refractivity contribution in [1.82, 2.24) is 9.88 Å². The van der Waals surface area contributed by atoms with E-state index in [0.717, 1.165) is 39.1 Å². The minimum absolute atomic E-state index is 0.00776. The van der Waals surface area contributed by atoms with Crippen LogP contribution in [0.15, 0.2) is 78.0 Å². The zero-order valence-corrected chi connectivity index (χ0v) is 20.3. The van der Waals surface area contributed by atoms with Crippen LogP contribution in [0.2, 0.25) is 0 Å². The molecule has 2 aromatic carbocycles. The van der Waals surface area contributed by atoms with Crippen molar-refractivity contribution in [2.45, 2.75) is 17.6 Å². The Labute approximate surface area is 209 Å². The van der Waals surface area contributed by atoms with Gasteiger partial charge in [0.1, 0.15) is 0 Å². The van der Waals surface area contributed by atoms with Gasteiger partial charge in [-0.2, -0.15) is 13.2 Å². The number of fused-ring (bicyclic) bond motifs is 1. The number of benzene rings is 2. The second-order valence-electron chi connectivity index (χ2n) is 8.26. The lowest BCUT2D eigenvalue weighted by atomic mass is 10.1. The van der Waals surface area contributed by atoms with E-state index in [1.807, 2.05) is 30.3 Å². The molecule has 0 bridgehead atoms. The average molecular weight is 530 g/mol. The smallest absolute Gasteiger partial charge is 0.337 e. The molecule has 184 valence electrons. The molecule has 0 fully saturated rings. The number of sulfonamides is 1. The highest BCUT2D eigenvalue weighted by Gasteiger charge is 2.37. The predicted molar refractivity (Wildman–Crippen MR) is 131 cm³/mol. The first kappa shape index (κ1) is 24.0. The summed E-state index contributed by atoms with van der Waals surface area (Å²) < 4.78 is 67.8. The molecule has 0 unspecified atom stereocenters. The maximum Gasteiger partial charge on any atom is 0.417 e. The van der Waals surface area contributed by atoms with Gasteiger partial charge in [0.25, 0.3) is 15.9 Å². The Morgan fingerprint density at radius 2 is 1.69 bits per heavy atom. The molecule has 0 aliphatic carbocycles. The number of rotatable bonds is 5. The number of alkyl halides is 3. The number of anilines is 1. The van der Waals surface area contributed by atoms with Gasteiger partial charge in [0.05, 0.1) is 22.3 Å². The lowest BCUT2D eigenvalue weighted by molar-refractivity contribution is -0.139. The fourth-order valence-corrected chi connectivity index (χ4v) is 6.29. The average Bonchev–Trinajstić information content (AvgIpc) is 3.43. The van der Waals surface area contributed by atoms with Gasteiger partial charge in [-0.3, -0.25) is 14.5 Å². The van der Waals surface area contributed by atoms with Gasteiger partial charge < -0.3 is 4.90 Å². The summed E-state index contributed by atoms with van der Waals surface area (Å²) in [6, 6.07) is 15.0. The molecule has 6 nitrogen and oxygen atoms in total. The van der Waals surface area contributed by atoms with Crippen molar-refractivity contribution in [3.63, 3.8) is 0 Å². The molecule has 0 saturated carbocycles. The van der Waals surface area contributed by atoms with Gasteiger partial charge in [-0.1, -0.05) is 18.2 Å². The number of nitrogens with zero attached hydrogens (tertiary/aromatic N) is 2. The predicted octanol–water partition coefficient (Wildman–Crippen LogP) is 5.88. The lowest BCUT2D eigenvalue weighted by Crippen LogP contribution is -2.19. The highest BCUT2D eigenvalue weighted by molar-refractivity contribution is 7.92. The topological polar surface area (TPSA) is 79.4 Å². The van der Waals surface area contributed by atoms with Crippen molar-refractivity contribution in [3.05, 3.63) is 89.7 Å². The highest BCUT2D eigenvalue weighted by Crippen LogP contribution is 2.38. The number of hydrogen-bond donors (Lipinski definition) is 1. The first-order valence-electron chi connectivity index (χ1n) is 10.7. The minimum Gasteiger partial charge on any atom is -0.337 e. The molecule has 36 heavy (non-hydrogen) atoms. The van der Waals surface area contributed by atoms with Gasteiger partial charge in [-0.25, -0.2) is 8.42 Å². The third-order valence-electron chi connectivity index (χ3n) is 5.74. The summed E-state index contributed by atoms with van der Waals surface area (Å²) in [5, 5.41) is 0. The summed E-state index contributed by atoms with van der Waals surface area (Å²) in [7, 11) is -2.77. The fraction of sp³-hybridized carbons (Fsp3) is 0.120. The Hall–Kier alpha value is -3.70. The van der Waals surface area contributed by atoms with Gasteiger partial charge in [0.15, 0.2) is 0 Å². The van der Waals surface area contributed by atoms with Crippen LogP contribution >= 0.6 is 11.3 Å². The zero-order chi connectivity index (χ0) is 25.7. The second kappa shape index (κ2) is 8.75. The molecule has 0 saturated heterocycles. The van der Waals surface area contributed by atoms with E-state index < -0.39 is 26.7 Å². The van der Waals surface area contributed by atoms with E-state index in [9.17, 15) is 26.4 Å². The zero-order valence-electron chi connectivity index (χ0n) is 18.7. The van der Waals surface area contributed by atoms with E-state index >= 15 is 0 Å². The Morgan fingerprint density at radius 1 is 0.972 bits per heavy atom. The van der Waals surface area contributed by atoms with Crippen molar-refractivity contribution in [2.24, 2.45) is 0 Å². The molecule has 1 aliphatic heterocycles. The summed E-state index contributed by atoms with van der Waals surface area (Å²) in [6.07, 6.45) is -2.04. The van der Waals surface area contributed by atoms with Crippen LogP contribution in [-0.2, 0) is 22.7 Å². The van der Waals surface area contributed by atoms with Crippen LogP contribution in [0.1, 0.15) is 21.5 Å². The third-order valence-corrected chi connectivity index (χ3v) is 8.36. The lowest BCUT2D eigenvalue weighted by Gasteiger charge is -2.14. The van der Waals surface area contributed by atoms with Crippen LogP contribution in [0.5, 0.6) is 0 Å². The molecule has 1 aliphatic rings. The summed E-state index contributed by atoms with van der Waals surface area (Å²) in [5.74, 6) is -0.00776. The van der Waals surface area contributed by atoms with E-state index in [1.165, 1.54) is 29.7 Å². The number of pyridine rings is 1. The summed E-state index contributed by atoms with van der Waals surface area (Å²) >= 11 is 1.45. The normalized spacial score (nSPS) is 13.7. The molecule has 0 atom stereocenters. The molecule has 2 aromatic heterocycles. The Balaban J connectivity index is 1.42. The maximum atomic E-state index is 13.3. The molecule has 0 spiro atoms. The number of nitrogens with one attached hydrogen (secondary N) is 1. The number of thiophene rings is 1. The number of carbonyl (C=O) groups is 1. The van der Waals surface area contributed by atoms with Crippen molar-refractivity contribution in [3.8, 4) is 20.9 Å². The third kappa shape index (κ3) is 4.47. The molecule has 0 radical (unpaired) electrons. The minimum atomic E-state index is -4.82. The van der Waals surface area contributed by atoms with Crippen molar-refractivity contribution in [2.75, 3.05) is 11.8 Å². The Kier molecular flexibility index (Phi) is 5.84. The molecule has 1 N–H and O–H groups in total. The maximum absolute atomic E-state index is 13.3. The first-order valence-corrected chi connectivity index (χ1v) is 13.0. The van der Waals surface area contributed by atoms with E-state index in [4.69, 9.17) is 0 Å². The van der Waals surface area contributed by atoms with Gasteiger partial charge in [0.2, 0.25) is 0 Å². The molecule has 1 amide bonds. The Morgan fingerprint density at radius 3 is 2.44 bits per heavy atom. The monoisotopic (exact) mass is 529 g/mol. The van der Waals surface area contributed by atoms with E-state index in [-0.39, 0.29) is 11.6 Å². The van der Waals surface area contributed by atoms with Crippen LogP contribution in [0.25, 0.3) is 20.9 Å². The molecule has 3 heterocycles. The van der Waals surface area contributed by atoms with Crippen LogP contribution in [-0.4, -0.2) is 31.3 Å². The molecule has 5 rings (SSSR count). The van der Waals surface area contributed by atoms with E-state index in [1.54, 1.807) is 18.1 Å². The number of halogens is 3. The molecule has 4 aromatic rings. The van der Waals surface area contributed by atoms with Crippen molar-refractivity contribution < 1.29 is 26.4 Å². The van der Waals surface area contributed by atoms with E-state index in [0.29, 0.717) is 17.7 Å². The number of carbonyl (C=O) groups excluding carboxylic acids is 1. The van der Waals surface area contributed by atoms with E-state index in [2.05, 4.69) is 9.71 Å². The fourth-order valence-electron chi connectivity index (χ4n) is 4.04. The van der Waals surface area contributed by atoms with Gasteiger partial charge in [0, 0.05) is 40.7 Å². The molecular formula is C25H18F3N3O3S2. The molecular weight excluding hydrogens is 511 g/mol. The number of hydrogen-bond acceptors (Lipinski definition) is 5. The summed E-state index contributed by atoms with van der Waals surface area (Å²) in [6.45, 7) is 0.545. The van der Waals surface area contributed by atoms with Crippen LogP contribution in [0, 0.1) is 0 Å². The van der Waals surface area contributed by atoms with Crippen LogP contribution < -0.4 is 4.72 Å². The standard InChI is InChI=1S/C25H18F3N3O3S2/c1-31-14-17-10-15(6-7-19(17)24(31)32)21-8-9-22(35-21)16-11-18(13-29-12-16)30-36(33,34)23-5-3-2-4-20(23)25(26,27)28/h2-13,30H,14H2,1H3. The first-order chi connectivity index (χ1) is 17.0. The Bertz CT molecular complexity index is 1600. The van der Waals surface area contributed by atoms with Gasteiger partial charge in [-0.05, 0) is 53.6 Å². The SMILES string of the molecule is CN1Cc2cc(-c3ccc(-c4cncc(NS(=O)(=O)c5ccccc5C(F)(F)F)c4)s3)ccc2C1=O. The van der Waals surface area contributed by atoms with Crippen molar-refractivity contribution in [1.29, 1.82) is 0 Å². The number of aromatic nitrogens is 1. The summed E-state index contributed by atoms with van der Waals surface area (Å²) in [5.41, 5.74) is 1.99. The highest BCUT2D eigenvalue weighted by atomic mass is 32.2. The van der Waals surface area contributed by atoms with Gasteiger partial charge in [-0.15, -0.1) is 11.3 Å². The van der Waals surface area contributed by atoms with Crippen LogP contribution in [0.4, 0.5) is 18.9 Å². The number of amides is 1. The summed E-state index contributed by atoms with van der Waals surface area (Å²) in [4.78, 5) is 18.7. The van der Waals surface area contributed by atoms with Gasteiger partial charge >= 0.3 is 6.18 Å². The second-order valence-corrected chi connectivity index (χ2v) is 11.0. The quantitative estimate of drug-likeness (QED) is 0.350. The van der Waals surface area contributed by atoms with Crippen molar-refractivity contribution >= 4 is 33.0 Å².